The molecule has 1 amide bonds. The molecule has 0 saturated carbocycles. The Hall–Kier alpha value is -3.48. The third kappa shape index (κ3) is 4.28. The number of hydrogen-bond donors (Lipinski definition) is 1. The summed E-state index contributed by atoms with van der Waals surface area (Å²) in [6, 6.07) is 20.5. The number of carbonyl (C=O) groups excluding carboxylic acids is 1. The smallest absolute Gasteiger partial charge is 0.256 e. The number of carbonyl (C=O) groups is 1. The molecule has 7 heteroatoms. The largest absolute Gasteiger partial charge is 0.487 e. The van der Waals surface area contributed by atoms with Gasteiger partial charge in [-0.1, -0.05) is 23.7 Å². The molecular formula is C25H21ClN4O2. The third-order valence-corrected chi connectivity index (χ3v) is 5.68. The van der Waals surface area contributed by atoms with Crippen LogP contribution in [-0.2, 0) is 0 Å². The number of nitrogens with one attached hydrogen (secondary N) is 1. The van der Waals surface area contributed by atoms with Crippen LogP contribution in [0.1, 0.15) is 10.4 Å². The van der Waals surface area contributed by atoms with Crippen LogP contribution in [0, 0.1) is 0 Å². The number of nitrogens with zero attached hydrogens (tertiary/aromatic N) is 3. The summed E-state index contributed by atoms with van der Waals surface area (Å²) in [4.78, 5) is 23.8. The number of pyridine rings is 2. The van der Waals surface area contributed by atoms with E-state index in [1.54, 1.807) is 24.4 Å². The van der Waals surface area contributed by atoms with Gasteiger partial charge in [-0.25, -0.2) is 9.97 Å². The van der Waals surface area contributed by atoms with E-state index >= 15 is 0 Å². The number of benzene rings is 2. The highest BCUT2D eigenvalue weighted by atomic mass is 35.5. The van der Waals surface area contributed by atoms with Crippen molar-refractivity contribution >= 4 is 34.4 Å². The van der Waals surface area contributed by atoms with Crippen molar-refractivity contribution in [3.63, 3.8) is 0 Å². The third-order valence-electron chi connectivity index (χ3n) is 5.43. The first kappa shape index (κ1) is 20.4. The summed E-state index contributed by atoms with van der Waals surface area (Å²) < 4.78 is 6.25. The minimum Gasteiger partial charge on any atom is -0.487 e. The number of rotatable bonds is 5. The number of likely N-dealkylation sites (N-methyl/N-ethyl adjacent to an activating group) is 1. The molecule has 2 aromatic carbocycles. The zero-order valence-electron chi connectivity index (χ0n) is 17.5. The number of aromatic nitrogens is 2. The average molecular weight is 445 g/mol. The van der Waals surface area contributed by atoms with E-state index in [0.717, 1.165) is 29.6 Å². The zero-order chi connectivity index (χ0) is 22.1. The molecule has 0 atom stereocenters. The van der Waals surface area contributed by atoms with E-state index in [4.69, 9.17) is 16.3 Å². The van der Waals surface area contributed by atoms with Crippen molar-refractivity contribution in [1.82, 2.24) is 14.9 Å². The predicted octanol–water partition coefficient (Wildman–Crippen LogP) is 4.90. The maximum Gasteiger partial charge on any atom is 0.256 e. The van der Waals surface area contributed by atoms with Gasteiger partial charge in [-0.2, -0.15) is 0 Å². The Labute approximate surface area is 190 Å². The van der Waals surface area contributed by atoms with Crippen molar-refractivity contribution in [3.05, 3.63) is 83.5 Å². The lowest BCUT2D eigenvalue weighted by Gasteiger charge is -2.36. The van der Waals surface area contributed by atoms with E-state index in [1.165, 1.54) is 0 Å². The number of hydrogen-bond acceptors (Lipinski definition) is 5. The highest BCUT2D eigenvalue weighted by Gasteiger charge is 2.26. The van der Waals surface area contributed by atoms with Crippen molar-refractivity contribution in [2.75, 3.05) is 25.5 Å². The summed E-state index contributed by atoms with van der Waals surface area (Å²) in [5, 5.41) is 4.45. The van der Waals surface area contributed by atoms with Crippen LogP contribution < -0.4 is 10.1 Å². The second kappa shape index (κ2) is 8.57. The molecule has 6 nitrogen and oxygen atoms in total. The maximum atomic E-state index is 13.0. The lowest BCUT2D eigenvalue weighted by atomic mass is 10.0. The van der Waals surface area contributed by atoms with E-state index < -0.39 is 0 Å². The molecule has 0 unspecified atom stereocenters. The van der Waals surface area contributed by atoms with Gasteiger partial charge in [0.15, 0.2) is 5.65 Å². The van der Waals surface area contributed by atoms with E-state index in [1.807, 2.05) is 48.5 Å². The Morgan fingerprint density at radius 2 is 1.91 bits per heavy atom. The quantitative estimate of drug-likeness (QED) is 0.474. The van der Waals surface area contributed by atoms with Crippen LogP contribution in [0.15, 0.2) is 72.9 Å². The molecule has 1 N–H and O–H groups in total. The average Bonchev–Trinajstić information content (AvgIpc) is 2.78. The second-order valence-electron chi connectivity index (χ2n) is 7.88. The molecule has 2 aromatic heterocycles. The first-order chi connectivity index (χ1) is 15.5. The fourth-order valence-electron chi connectivity index (χ4n) is 3.74. The molecule has 5 rings (SSSR count). The van der Waals surface area contributed by atoms with E-state index in [0.29, 0.717) is 27.8 Å². The molecule has 0 bridgehead atoms. The Bertz CT molecular complexity index is 1290. The number of halogens is 1. The second-order valence-corrected chi connectivity index (χ2v) is 8.32. The molecule has 3 heterocycles. The fraction of sp³-hybridized carbons (Fsp3) is 0.160. The fourth-order valence-corrected chi connectivity index (χ4v) is 3.86. The normalized spacial score (nSPS) is 14.2. The number of amides is 1. The van der Waals surface area contributed by atoms with Crippen molar-refractivity contribution in [2.45, 2.75) is 6.10 Å². The van der Waals surface area contributed by atoms with Crippen LogP contribution in [0.4, 0.5) is 5.82 Å². The number of ether oxygens (including phenoxy) is 1. The van der Waals surface area contributed by atoms with Gasteiger partial charge in [-0.3, -0.25) is 9.69 Å². The van der Waals surface area contributed by atoms with Gasteiger partial charge in [-0.05, 0) is 67.2 Å². The Kier molecular flexibility index (Phi) is 5.47. The van der Waals surface area contributed by atoms with Gasteiger partial charge in [0.1, 0.15) is 17.7 Å². The monoisotopic (exact) mass is 444 g/mol. The standard InChI is InChI=1S/C25H21ClN4O2/c1-30-14-20(15-30)32-22-13-18(6-10-21(22)16-4-8-19(26)9-5-16)25(31)29-23-11-7-17-3-2-12-27-24(17)28-23/h2-13,20H,14-15H2,1H3,(H,27,28,29,31). The molecular weight excluding hydrogens is 424 g/mol. The minimum absolute atomic E-state index is 0.0950. The summed E-state index contributed by atoms with van der Waals surface area (Å²) in [6.45, 7) is 1.70. The Balaban J connectivity index is 1.43. The molecule has 1 aliphatic heterocycles. The first-order valence-corrected chi connectivity index (χ1v) is 10.7. The summed E-state index contributed by atoms with van der Waals surface area (Å²) in [5.74, 6) is 0.864. The highest BCUT2D eigenvalue weighted by molar-refractivity contribution is 6.30. The van der Waals surface area contributed by atoms with Crippen LogP contribution in [0.5, 0.6) is 5.75 Å². The lowest BCUT2D eigenvalue weighted by Crippen LogP contribution is -2.51. The lowest BCUT2D eigenvalue weighted by molar-refractivity contribution is 0.0392. The van der Waals surface area contributed by atoms with Crippen LogP contribution in [0.25, 0.3) is 22.2 Å². The van der Waals surface area contributed by atoms with Gasteiger partial charge in [0.2, 0.25) is 0 Å². The van der Waals surface area contributed by atoms with E-state index in [2.05, 4.69) is 27.2 Å². The highest BCUT2D eigenvalue weighted by Crippen LogP contribution is 2.33. The van der Waals surface area contributed by atoms with Crippen molar-refractivity contribution < 1.29 is 9.53 Å². The van der Waals surface area contributed by atoms with Crippen LogP contribution in [0.2, 0.25) is 5.02 Å². The van der Waals surface area contributed by atoms with Crippen LogP contribution in [-0.4, -0.2) is 47.0 Å². The summed E-state index contributed by atoms with van der Waals surface area (Å²) in [6.07, 6.45) is 1.77. The molecule has 0 aliphatic carbocycles. The molecule has 4 aromatic rings. The number of fused-ring (bicyclic) bond motifs is 1. The Morgan fingerprint density at radius 1 is 1.09 bits per heavy atom. The van der Waals surface area contributed by atoms with Crippen LogP contribution in [0.3, 0.4) is 0 Å². The van der Waals surface area contributed by atoms with Gasteiger partial charge in [0.05, 0.1) is 0 Å². The number of anilines is 1. The van der Waals surface area contributed by atoms with E-state index in [-0.39, 0.29) is 12.0 Å². The summed E-state index contributed by atoms with van der Waals surface area (Å²) in [7, 11) is 2.05. The topological polar surface area (TPSA) is 67.3 Å². The van der Waals surface area contributed by atoms with Crippen molar-refractivity contribution in [2.24, 2.45) is 0 Å². The van der Waals surface area contributed by atoms with Crippen molar-refractivity contribution in [1.29, 1.82) is 0 Å². The molecule has 32 heavy (non-hydrogen) atoms. The van der Waals surface area contributed by atoms with Gasteiger partial charge in [-0.15, -0.1) is 0 Å². The minimum atomic E-state index is -0.258. The predicted molar refractivity (Wildman–Crippen MR) is 126 cm³/mol. The Morgan fingerprint density at radius 3 is 2.69 bits per heavy atom. The zero-order valence-corrected chi connectivity index (χ0v) is 18.2. The van der Waals surface area contributed by atoms with E-state index in [9.17, 15) is 4.79 Å². The summed E-state index contributed by atoms with van der Waals surface area (Å²) >= 11 is 6.05. The summed E-state index contributed by atoms with van der Waals surface area (Å²) in [5.41, 5.74) is 2.97. The maximum absolute atomic E-state index is 13.0. The number of likely N-dealkylation sites (tertiary alicyclic amines) is 1. The molecule has 0 spiro atoms. The van der Waals surface area contributed by atoms with Gasteiger partial charge < -0.3 is 10.1 Å². The molecule has 160 valence electrons. The van der Waals surface area contributed by atoms with Crippen LogP contribution >= 0.6 is 11.6 Å². The molecule has 1 saturated heterocycles. The molecule has 0 radical (unpaired) electrons. The van der Waals surface area contributed by atoms with Gasteiger partial charge in [0.25, 0.3) is 5.91 Å². The SMILES string of the molecule is CN1CC(Oc2cc(C(=O)Nc3ccc4cccnc4n3)ccc2-c2ccc(Cl)cc2)C1. The first-order valence-electron chi connectivity index (χ1n) is 10.3. The van der Waals surface area contributed by atoms with Gasteiger partial charge >= 0.3 is 0 Å². The van der Waals surface area contributed by atoms with Crippen molar-refractivity contribution in [3.8, 4) is 16.9 Å². The van der Waals surface area contributed by atoms with Gasteiger partial charge in [0, 0.05) is 40.8 Å². The molecule has 1 aliphatic rings. The molecule has 1 fully saturated rings.